The number of amides is 1. The average molecular weight is 306 g/mol. The van der Waals surface area contributed by atoms with Crippen LogP contribution in [0.4, 0.5) is 0 Å². The molecule has 0 aliphatic carbocycles. The number of nitrogens with zero attached hydrogens (tertiary/aromatic N) is 3. The molecule has 0 aromatic carbocycles. The fourth-order valence-electron chi connectivity index (χ4n) is 2.66. The summed E-state index contributed by atoms with van der Waals surface area (Å²) in [7, 11) is 0. The van der Waals surface area contributed by atoms with E-state index in [-0.39, 0.29) is 5.91 Å². The number of aromatic nitrogens is 2. The zero-order valence-electron chi connectivity index (χ0n) is 11.7. The fraction of sp³-hybridized carbons (Fsp3) is 0.500. The largest absolute Gasteiger partial charge is 0.364 e. The minimum atomic E-state index is -0.164. The van der Waals surface area contributed by atoms with Crippen LogP contribution in [0.5, 0.6) is 0 Å². The fourth-order valence-corrected chi connectivity index (χ4v) is 3.30. The van der Waals surface area contributed by atoms with E-state index in [1.807, 2.05) is 11.7 Å². The van der Waals surface area contributed by atoms with Gasteiger partial charge in [0.1, 0.15) is 6.26 Å². The van der Waals surface area contributed by atoms with E-state index in [4.69, 9.17) is 0 Å². The SMILES string of the molecule is O=C(NC[C@H]1CCCN(Cc2cncs2)C1)c1ccon1. The number of nitrogens with one attached hydrogen (secondary N) is 1. The number of piperidine rings is 1. The van der Waals surface area contributed by atoms with E-state index in [1.54, 1.807) is 17.4 Å². The molecule has 0 radical (unpaired) electrons. The van der Waals surface area contributed by atoms with Gasteiger partial charge < -0.3 is 9.84 Å². The second kappa shape index (κ2) is 6.82. The number of rotatable bonds is 5. The van der Waals surface area contributed by atoms with Crippen LogP contribution >= 0.6 is 11.3 Å². The Morgan fingerprint density at radius 3 is 3.29 bits per heavy atom. The zero-order valence-corrected chi connectivity index (χ0v) is 12.5. The molecule has 112 valence electrons. The van der Waals surface area contributed by atoms with Crippen LogP contribution in [0.15, 0.2) is 28.6 Å². The van der Waals surface area contributed by atoms with Crippen LogP contribution in [0.2, 0.25) is 0 Å². The number of carbonyl (C=O) groups is 1. The van der Waals surface area contributed by atoms with Gasteiger partial charge in [0.25, 0.3) is 5.91 Å². The first-order valence-corrected chi connectivity index (χ1v) is 7.97. The molecule has 0 saturated carbocycles. The summed E-state index contributed by atoms with van der Waals surface area (Å²) in [6.45, 7) is 3.77. The second-order valence-corrected chi connectivity index (χ2v) is 6.28. The lowest BCUT2D eigenvalue weighted by Crippen LogP contribution is -2.40. The summed E-state index contributed by atoms with van der Waals surface area (Å²) in [6.07, 6.45) is 5.66. The summed E-state index contributed by atoms with van der Waals surface area (Å²) in [5, 5.41) is 6.58. The molecule has 1 atom stereocenters. The highest BCUT2D eigenvalue weighted by Gasteiger charge is 2.21. The third-order valence-corrected chi connectivity index (χ3v) is 4.45. The van der Waals surface area contributed by atoms with E-state index in [0.29, 0.717) is 18.2 Å². The average Bonchev–Trinajstić information content (AvgIpc) is 3.18. The number of hydrogen-bond acceptors (Lipinski definition) is 6. The normalized spacial score (nSPS) is 19.5. The molecule has 2 aromatic rings. The maximum atomic E-state index is 11.8. The molecule has 0 unspecified atom stereocenters. The molecule has 1 aliphatic heterocycles. The molecule has 7 heteroatoms. The van der Waals surface area contributed by atoms with Crippen molar-refractivity contribution in [2.24, 2.45) is 5.92 Å². The van der Waals surface area contributed by atoms with Gasteiger partial charge in [0, 0.05) is 36.8 Å². The Kier molecular flexibility index (Phi) is 4.62. The van der Waals surface area contributed by atoms with Crippen LogP contribution in [0.1, 0.15) is 28.2 Å². The van der Waals surface area contributed by atoms with Gasteiger partial charge in [0.2, 0.25) is 0 Å². The Bertz CT molecular complexity index is 556. The molecule has 1 saturated heterocycles. The molecule has 1 fully saturated rings. The van der Waals surface area contributed by atoms with Gasteiger partial charge in [0.05, 0.1) is 5.51 Å². The molecule has 1 aliphatic rings. The van der Waals surface area contributed by atoms with E-state index in [1.165, 1.54) is 17.6 Å². The van der Waals surface area contributed by atoms with Gasteiger partial charge in [-0.1, -0.05) is 5.16 Å². The summed E-state index contributed by atoms with van der Waals surface area (Å²) in [5.41, 5.74) is 2.21. The molecular weight excluding hydrogens is 288 g/mol. The summed E-state index contributed by atoms with van der Waals surface area (Å²) >= 11 is 1.69. The maximum absolute atomic E-state index is 11.8. The van der Waals surface area contributed by atoms with Crippen molar-refractivity contribution >= 4 is 17.2 Å². The molecule has 2 aromatic heterocycles. The van der Waals surface area contributed by atoms with Gasteiger partial charge >= 0.3 is 0 Å². The van der Waals surface area contributed by atoms with Crippen LogP contribution in [-0.4, -0.2) is 40.6 Å². The van der Waals surface area contributed by atoms with Gasteiger partial charge in [-0.05, 0) is 25.3 Å². The summed E-state index contributed by atoms with van der Waals surface area (Å²) in [4.78, 5) is 19.7. The molecular formula is C14H18N4O2S. The lowest BCUT2D eigenvalue weighted by molar-refractivity contribution is 0.0922. The molecule has 1 amide bonds. The minimum absolute atomic E-state index is 0.164. The highest BCUT2D eigenvalue weighted by molar-refractivity contribution is 7.09. The monoisotopic (exact) mass is 306 g/mol. The predicted octanol–water partition coefficient (Wildman–Crippen LogP) is 1.77. The standard InChI is InChI=1S/C14H18N4O2S/c19-14(13-3-5-20-17-13)16-6-11-2-1-4-18(8-11)9-12-7-15-10-21-12/h3,5,7,10-11H,1-2,4,6,8-9H2,(H,16,19)/t11-/m1/s1. The Labute approximate surface area is 127 Å². The van der Waals surface area contributed by atoms with E-state index < -0.39 is 0 Å². The van der Waals surface area contributed by atoms with Gasteiger partial charge in [-0.3, -0.25) is 14.7 Å². The van der Waals surface area contributed by atoms with Crippen LogP contribution in [-0.2, 0) is 6.54 Å². The van der Waals surface area contributed by atoms with Crippen molar-refractivity contribution in [3.8, 4) is 0 Å². The van der Waals surface area contributed by atoms with Crippen LogP contribution in [0.3, 0.4) is 0 Å². The van der Waals surface area contributed by atoms with Crippen LogP contribution in [0.25, 0.3) is 0 Å². The predicted molar refractivity (Wildman–Crippen MR) is 79.0 cm³/mol. The Morgan fingerprint density at radius 1 is 1.57 bits per heavy atom. The minimum Gasteiger partial charge on any atom is -0.364 e. The number of likely N-dealkylation sites (tertiary alicyclic amines) is 1. The van der Waals surface area contributed by atoms with Crippen molar-refractivity contribution in [3.63, 3.8) is 0 Å². The third kappa shape index (κ3) is 3.89. The smallest absolute Gasteiger partial charge is 0.273 e. The van der Waals surface area contributed by atoms with Gasteiger partial charge in [-0.25, -0.2) is 0 Å². The Hall–Kier alpha value is -1.73. The van der Waals surface area contributed by atoms with E-state index in [2.05, 4.69) is 24.9 Å². The summed E-state index contributed by atoms with van der Waals surface area (Å²) in [6, 6.07) is 1.58. The molecule has 21 heavy (non-hydrogen) atoms. The third-order valence-electron chi connectivity index (χ3n) is 3.69. The molecule has 0 spiro atoms. The first kappa shape index (κ1) is 14.2. The summed E-state index contributed by atoms with van der Waals surface area (Å²) in [5.74, 6) is 0.325. The van der Waals surface area contributed by atoms with Crippen molar-refractivity contribution < 1.29 is 9.32 Å². The molecule has 3 heterocycles. The quantitative estimate of drug-likeness (QED) is 0.911. The molecule has 1 N–H and O–H groups in total. The van der Waals surface area contributed by atoms with Crippen molar-refractivity contribution in [1.29, 1.82) is 0 Å². The van der Waals surface area contributed by atoms with Crippen LogP contribution < -0.4 is 5.32 Å². The highest BCUT2D eigenvalue weighted by atomic mass is 32.1. The first-order valence-electron chi connectivity index (χ1n) is 7.09. The van der Waals surface area contributed by atoms with Crippen molar-refractivity contribution in [2.45, 2.75) is 19.4 Å². The van der Waals surface area contributed by atoms with Gasteiger partial charge in [-0.15, -0.1) is 11.3 Å². The second-order valence-electron chi connectivity index (χ2n) is 5.31. The van der Waals surface area contributed by atoms with E-state index in [9.17, 15) is 4.79 Å². The number of thiazole rings is 1. The van der Waals surface area contributed by atoms with Gasteiger partial charge in [-0.2, -0.15) is 0 Å². The molecule has 6 nitrogen and oxygen atoms in total. The first-order chi connectivity index (χ1) is 10.3. The number of carbonyl (C=O) groups excluding carboxylic acids is 1. The Morgan fingerprint density at radius 2 is 2.52 bits per heavy atom. The van der Waals surface area contributed by atoms with Crippen LogP contribution in [0, 0.1) is 5.92 Å². The van der Waals surface area contributed by atoms with E-state index in [0.717, 1.165) is 26.1 Å². The lowest BCUT2D eigenvalue weighted by Gasteiger charge is -2.32. The van der Waals surface area contributed by atoms with Crippen molar-refractivity contribution in [1.82, 2.24) is 20.4 Å². The highest BCUT2D eigenvalue weighted by Crippen LogP contribution is 2.19. The van der Waals surface area contributed by atoms with Crippen molar-refractivity contribution in [2.75, 3.05) is 19.6 Å². The lowest BCUT2D eigenvalue weighted by atomic mass is 9.98. The van der Waals surface area contributed by atoms with E-state index >= 15 is 0 Å². The Balaban J connectivity index is 1.46. The maximum Gasteiger partial charge on any atom is 0.273 e. The van der Waals surface area contributed by atoms with Crippen molar-refractivity contribution in [3.05, 3.63) is 34.6 Å². The molecule has 0 bridgehead atoms. The summed E-state index contributed by atoms with van der Waals surface area (Å²) < 4.78 is 4.68. The number of hydrogen-bond donors (Lipinski definition) is 1. The zero-order chi connectivity index (χ0) is 14.5. The molecule has 3 rings (SSSR count). The van der Waals surface area contributed by atoms with Gasteiger partial charge in [0.15, 0.2) is 5.69 Å². The topological polar surface area (TPSA) is 71.3 Å².